The van der Waals surface area contributed by atoms with E-state index in [4.69, 9.17) is 8.83 Å². The van der Waals surface area contributed by atoms with Crippen LogP contribution in [0.2, 0.25) is 0 Å². The summed E-state index contributed by atoms with van der Waals surface area (Å²) in [5, 5.41) is 8.44. The van der Waals surface area contributed by atoms with Crippen molar-refractivity contribution in [3.63, 3.8) is 0 Å². The van der Waals surface area contributed by atoms with Gasteiger partial charge < -0.3 is 8.83 Å². The van der Waals surface area contributed by atoms with Crippen LogP contribution < -0.4 is 0 Å². The van der Waals surface area contributed by atoms with Crippen LogP contribution in [0.25, 0.3) is 11.7 Å². The van der Waals surface area contributed by atoms with Gasteiger partial charge in [0.1, 0.15) is 0 Å². The maximum Gasteiger partial charge on any atom is 0.283 e. The van der Waals surface area contributed by atoms with Crippen molar-refractivity contribution >= 4 is 0 Å². The summed E-state index contributed by atoms with van der Waals surface area (Å²) < 4.78 is 11.3. The van der Waals surface area contributed by atoms with Gasteiger partial charge in [0.05, 0.1) is 12.8 Å². The zero-order valence-corrected chi connectivity index (χ0v) is 16.5. The number of hydrogen-bond acceptors (Lipinski definition) is 6. The van der Waals surface area contributed by atoms with Crippen LogP contribution in [0, 0.1) is 5.92 Å². The molecule has 0 amide bonds. The van der Waals surface area contributed by atoms with Gasteiger partial charge >= 0.3 is 0 Å². The average Bonchev–Trinajstić information content (AvgIpc) is 3.45. The minimum atomic E-state index is 0.468. The second kappa shape index (κ2) is 7.11. The number of piperidine rings is 1. The first-order valence-electron chi connectivity index (χ1n) is 10.7. The van der Waals surface area contributed by atoms with E-state index >= 15 is 0 Å². The Kier molecular flexibility index (Phi) is 4.27. The fourth-order valence-electron chi connectivity index (χ4n) is 5.49. The van der Waals surface area contributed by atoms with Crippen LogP contribution in [0.5, 0.6) is 0 Å². The minimum Gasteiger partial charge on any atom is -0.459 e. The normalized spacial score (nSPS) is 25.4. The van der Waals surface area contributed by atoms with Crippen LogP contribution >= 0.6 is 0 Å². The second-order valence-electron chi connectivity index (χ2n) is 8.79. The largest absolute Gasteiger partial charge is 0.459 e. The van der Waals surface area contributed by atoms with E-state index in [0.717, 1.165) is 25.6 Å². The summed E-state index contributed by atoms with van der Waals surface area (Å²) in [6.45, 7) is 4.22. The zero-order chi connectivity index (χ0) is 19.2. The van der Waals surface area contributed by atoms with E-state index in [2.05, 4.69) is 44.3 Å². The third-order valence-electron chi connectivity index (χ3n) is 6.94. The highest BCUT2D eigenvalue weighted by Crippen LogP contribution is 2.33. The van der Waals surface area contributed by atoms with Gasteiger partial charge in [0.15, 0.2) is 5.76 Å². The molecule has 0 radical (unpaired) electrons. The van der Waals surface area contributed by atoms with Crippen LogP contribution in [0.3, 0.4) is 0 Å². The van der Waals surface area contributed by atoms with E-state index < -0.39 is 0 Å². The maximum atomic E-state index is 5.88. The Balaban J connectivity index is 1.15. The molecule has 0 spiro atoms. The number of rotatable bonds is 4. The van der Waals surface area contributed by atoms with Gasteiger partial charge in [-0.05, 0) is 54.9 Å². The lowest BCUT2D eigenvalue weighted by Crippen LogP contribution is -2.44. The highest BCUT2D eigenvalue weighted by molar-refractivity contribution is 5.42. The van der Waals surface area contributed by atoms with Crippen molar-refractivity contribution in [2.75, 3.05) is 19.6 Å². The van der Waals surface area contributed by atoms with Gasteiger partial charge in [-0.3, -0.25) is 9.80 Å². The second-order valence-corrected chi connectivity index (χ2v) is 8.79. The van der Waals surface area contributed by atoms with Gasteiger partial charge in [-0.25, -0.2) is 0 Å². The van der Waals surface area contributed by atoms with Crippen molar-refractivity contribution in [1.29, 1.82) is 0 Å². The van der Waals surface area contributed by atoms with Crippen molar-refractivity contribution in [2.24, 2.45) is 5.92 Å². The topological polar surface area (TPSA) is 58.5 Å². The van der Waals surface area contributed by atoms with Crippen molar-refractivity contribution < 1.29 is 8.83 Å². The van der Waals surface area contributed by atoms with Crippen molar-refractivity contribution in [3.05, 3.63) is 59.7 Å². The molecule has 29 heavy (non-hydrogen) atoms. The van der Waals surface area contributed by atoms with Gasteiger partial charge in [0.2, 0.25) is 5.89 Å². The Hall–Kier alpha value is -2.44. The molecule has 6 nitrogen and oxygen atoms in total. The van der Waals surface area contributed by atoms with E-state index in [1.165, 1.54) is 32.2 Å². The summed E-state index contributed by atoms with van der Waals surface area (Å²) in [6.07, 6.45) is 6.62. The molecule has 2 atom stereocenters. The van der Waals surface area contributed by atoms with E-state index in [0.29, 0.717) is 29.6 Å². The molecule has 1 aromatic carbocycles. The smallest absolute Gasteiger partial charge is 0.283 e. The lowest BCUT2D eigenvalue weighted by molar-refractivity contribution is 0.110. The van der Waals surface area contributed by atoms with Crippen LogP contribution in [-0.4, -0.2) is 51.7 Å². The molecule has 2 unspecified atom stereocenters. The van der Waals surface area contributed by atoms with Gasteiger partial charge in [-0.2, -0.15) is 0 Å². The van der Waals surface area contributed by atoms with Gasteiger partial charge in [0.25, 0.3) is 5.89 Å². The molecular formula is C23H26N4O2. The van der Waals surface area contributed by atoms with Crippen molar-refractivity contribution in [2.45, 2.75) is 44.3 Å². The van der Waals surface area contributed by atoms with E-state index in [1.54, 1.807) is 17.4 Å². The molecule has 2 bridgehead atoms. The Labute approximate surface area is 170 Å². The molecule has 6 heteroatoms. The van der Waals surface area contributed by atoms with Crippen molar-refractivity contribution in [1.82, 2.24) is 20.0 Å². The third kappa shape index (κ3) is 3.30. The number of nitrogens with zero attached hydrogens (tertiary/aromatic N) is 4. The van der Waals surface area contributed by atoms with Crippen LogP contribution in [0.4, 0.5) is 0 Å². The SMILES string of the molecule is c1coc(-c2nnc(CN3CC4CCC3CN(C3Cc5ccccc5C3)C4)o2)c1. The molecular weight excluding hydrogens is 364 g/mol. The summed E-state index contributed by atoms with van der Waals surface area (Å²) in [4.78, 5) is 5.33. The molecule has 3 aromatic rings. The first kappa shape index (κ1) is 17.4. The Morgan fingerprint density at radius 1 is 0.897 bits per heavy atom. The highest BCUT2D eigenvalue weighted by Gasteiger charge is 2.38. The molecule has 4 aliphatic rings. The monoisotopic (exact) mass is 390 g/mol. The summed E-state index contributed by atoms with van der Waals surface area (Å²) in [5.74, 6) is 2.51. The molecule has 3 saturated heterocycles. The lowest BCUT2D eigenvalue weighted by atomic mass is 9.95. The summed E-state index contributed by atoms with van der Waals surface area (Å²) >= 11 is 0. The number of furan rings is 1. The summed E-state index contributed by atoms with van der Waals surface area (Å²) in [6, 6.07) is 13.9. The lowest BCUT2D eigenvalue weighted by Gasteiger charge is -2.35. The third-order valence-corrected chi connectivity index (χ3v) is 6.94. The van der Waals surface area contributed by atoms with Gasteiger partial charge in [-0.1, -0.05) is 24.3 Å². The fraction of sp³-hybridized carbons (Fsp3) is 0.478. The molecule has 7 rings (SSSR count). The number of benzene rings is 1. The van der Waals surface area contributed by atoms with E-state index in [-0.39, 0.29) is 0 Å². The fourth-order valence-corrected chi connectivity index (χ4v) is 5.49. The number of aromatic nitrogens is 2. The molecule has 3 fully saturated rings. The van der Waals surface area contributed by atoms with Gasteiger partial charge in [0, 0.05) is 31.7 Å². The minimum absolute atomic E-state index is 0.468. The predicted molar refractivity (Wildman–Crippen MR) is 108 cm³/mol. The number of hydrogen-bond donors (Lipinski definition) is 0. The average molecular weight is 390 g/mol. The molecule has 3 aliphatic heterocycles. The molecule has 0 N–H and O–H groups in total. The molecule has 2 aromatic heterocycles. The predicted octanol–water partition coefficient (Wildman–Crippen LogP) is 3.39. The molecule has 1 aliphatic carbocycles. The Bertz CT molecular complexity index is 957. The zero-order valence-electron chi connectivity index (χ0n) is 16.5. The van der Waals surface area contributed by atoms with Crippen molar-refractivity contribution in [3.8, 4) is 11.7 Å². The number of fused-ring (bicyclic) bond motifs is 5. The molecule has 0 saturated carbocycles. The summed E-state index contributed by atoms with van der Waals surface area (Å²) in [7, 11) is 0. The highest BCUT2D eigenvalue weighted by atomic mass is 16.4. The Morgan fingerprint density at radius 2 is 1.76 bits per heavy atom. The summed E-state index contributed by atoms with van der Waals surface area (Å²) in [5.41, 5.74) is 3.09. The van der Waals surface area contributed by atoms with Crippen LogP contribution in [0.1, 0.15) is 29.9 Å². The molecule has 5 heterocycles. The van der Waals surface area contributed by atoms with Crippen LogP contribution in [-0.2, 0) is 19.4 Å². The quantitative estimate of drug-likeness (QED) is 0.681. The van der Waals surface area contributed by atoms with Crippen LogP contribution in [0.15, 0.2) is 51.5 Å². The molecule has 150 valence electrons. The van der Waals surface area contributed by atoms with E-state index in [9.17, 15) is 0 Å². The van der Waals surface area contributed by atoms with Gasteiger partial charge in [-0.15, -0.1) is 10.2 Å². The maximum absolute atomic E-state index is 5.88. The Morgan fingerprint density at radius 3 is 2.55 bits per heavy atom. The van der Waals surface area contributed by atoms with E-state index in [1.807, 2.05) is 12.1 Å². The first-order valence-corrected chi connectivity index (χ1v) is 10.7. The first-order chi connectivity index (χ1) is 14.3. The standard InChI is InChI=1S/C23H26N4O2/c1-2-5-18-11-20(10-17(18)4-1)26-12-16-7-8-19(14-26)27(13-16)15-22-24-25-23(29-22)21-6-3-9-28-21/h1-6,9,16,19-20H,7-8,10-15H2.